The van der Waals surface area contributed by atoms with Crippen LogP contribution in [0.5, 0.6) is 5.75 Å². The van der Waals surface area contributed by atoms with Gasteiger partial charge in [0.05, 0.1) is 23.5 Å². The van der Waals surface area contributed by atoms with Crippen molar-refractivity contribution in [2.24, 2.45) is 0 Å². The Labute approximate surface area is 123 Å². The molecule has 0 unspecified atom stereocenters. The molecule has 1 aromatic carbocycles. The second kappa shape index (κ2) is 6.44. The molecule has 0 saturated carbocycles. The molecule has 0 aliphatic carbocycles. The fraction of sp³-hybridized carbons (Fsp3) is 0.417. The van der Waals surface area contributed by atoms with Crippen LogP contribution in [0.25, 0.3) is 0 Å². The summed E-state index contributed by atoms with van der Waals surface area (Å²) in [6, 6.07) is 3.39. The van der Waals surface area contributed by atoms with Gasteiger partial charge in [0.2, 0.25) is 0 Å². The van der Waals surface area contributed by atoms with Gasteiger partial charge in [-0.3, -0.25) is 0 Å². The third-order valence-electron chi connectivity index (χ3n) is 2.86. The van der Waals surface area contributed by atoms with Crippen molar-refractivity contribution in [3.05, 3.63) is 23.8 Å². The van der Waals surface area contributed by atoms with E-state index in [9.17, 15) is 21.6 Å². The number of methoxy groups -OCH3 is 1. The van der Waals surface area contributed by atoms with E-state index >= 15 is 0 Å². The highest BCUT2D eigenvalue weighted by atomic mass is 32.2. The quantitative estimate of drug-likeness (QED) is 0.775. The maximum atomic E-state index is 12.1. The molecule has 1 N–H and O–H groups in total. The second-order valence-electron chi connectivity index (χ2n) is 4.22. The lowest BCUT2D eigenvalue weighted by molar-refractivity contribution is 0.0693. The Morgan fingerprint density at radius 2 is 1.81 bits per heavy atom. The van der Waals surface area contributed by atoms with Gasteiger partial charge in [0.1, 0.15) is 11.3 Å². The lowest BCUT2D eigenvalue weighted by Gasteiger charge is -2.08. The molecule has 0 aliphatic heterocycles. The maximum absolute atomic E-state index is 12.1. The predicted molar refractivity (Wildman–Crippen MR) is 76.3 cm³/mol. The normalized spacial score (nSPS) is 12.1. The summed E-state index contributed by atoms with van der Waals surface area (Å²) in [5.74, 6) is -2.53. The minimum absolute atomic E-state index is 0.0302. The summed E-state index contributed by atoms with van der Waals surface area (Å²) in [6.45, 7) is 1.43. The number of hydrogen-bond acceptors (Lipinski definition) is 6. The van der Waals surface area contributed by atoms with E-state index in [0.29, 0.717) is 0 Å². The molecular formula is C12H16O7S2. The van der Waals surface area contributed by atoms with Crippen LogP contribution in [0.2, 0.25) is 0 Å². The van der Waals surface area contributed by atoms with Crippen molar-refractivity contribution < 1.29 is 31.5 Å². The van der Waals surface area contributed by atoms with E-state index in [1.54, 1.807) is 0 Å². The Balaban J connectivity index is 3.15. The van der Waals surface area contributed by atoms with Gasteiger partial charge in [0, 0.05) is 5.75 Å². The van der Waals surface area contributed by atoms with Gasteiger partial charge >= 0.3 is 5.97 Å². The highest BCUT2D eigenvalue weighted by Crippen LogP contribution is 2.23. The number of benzene rings is 1. The Kier molecular flexibility index (Phi) is 5.35. The third-order valence-corrected chi connectivity index (χ3v) is 6.54. The van der Waals surface area contributed by atoms with Crippen LogP contribution in [-0.4, -0.2) is 52.3 Å². The highest BCUT2D eigenvalue weighted by Gasteiger charge is 2.22. The Morgan fingerprint density at radius 3 is 2.29 bits per heavy atom. The van der Waals surface area contributed by atoms with E-state index in [-0.39, 0.29) is 22.0 Å². The van der Waals surface area contributed by atoms with E-state index in [1.807, 2.05) is 0 Å². The smallest absolute Gasteiger partial charge is 0.339 e. The molecule has 0 spiro atoms. The average Bonchev–Trinajstić information content (AvgIpc) is 2.44. The van der Waals surface area contributed by atoms with Crippen molar-refractivity contribution in [2.75, 3.05) is 24.4 Å². The van der Waals surface area contributed by atoms with Crippen LogP contribution in [0.4, 0.5) is 0 Å². The SMILES string of the molecule is CCS(=O)(=O)CCS(=O)(=O)c1ccc(OC)c(C(=O)O)c1. The molecule has 0 aliphatic rings. The van der Waals surface area contributed by atoms with E-state index in [1.165, 1.54) is 26.2 Å². The first kappa shape index (κ1) is 17.4. The van der Waals surface area contributed by atoms with Crippen molar-refractivity contribution in [2.45, 2.75) is 11.8 Å². The number of sulfone groups is 2. The molecular weight excluding hydrogens is 320 g/mol. The molecule has 7 nitrogen and oxygen atoms in total. The van der Waals surface area contributed by atoms with Crippen molar-refractivity contribution in [3.8, 4) is 5.75 Å². The molecule has 0 heterocycles. The third kappa shape index (κ3) is 4.43. The highest BCUT2D eigenvalue weighted by molar-refractivity contribution is 7.95. The molecule has 0 aromatic heterocycles. The first-order valence-corrected chi connectivity index (χ1v) is 9.45. The Bertz CT molecular complexity index is 733. The van der Waals surface area contributed by atoms with Crippen LogP contribution >= 0.6 is 0 Å². The standard InChI is InChI=1S/C12H16O7S2/c1-3-20(15,16)6-7-21(17,18)9-4-5-11(19-2)10(8-9)12(13)14/h4-5,8H,3,6-7H2,1-2H3,(H,13,14). The number of aromatic carboxylic acids is 1. The van der Waals surface area contributed by atoms with Crippen LogP contribution in [0.1, 0.15) is 17.3 Å². The Hall–Kier alpha value is -1.61. The summed E-state index contributed by atoms with van der Waals surface area (Å²) in [4.78, 5) is 10.8. The van der Waals surface area contributed by atoms with Crippen LogP contribution in [0.3, 0.4) is 0 Å². The fourth-order valence-electron chi connectivity index (χ4n) is 1.55. The predicted octanol–water partition coefficient (Wildman–Crippen LogP) is 0.602. The molecule has 118 valence electrons. The molecule has 0 saturated heterocycles. The topological polar surface area (TPSA) is 115 Å². The average molecular weight is 336 g/mol. The van der Waals surface area contributed by atoms with Gasteiger partial charge in [-0.25, -0.2) is 21.6 Å². The van der Waals surface area contributed by atoms with Gasteiger partial charge in [-0.1, -0.05) is 6.92 Å². The number of ether oxygens (including phenoxy) is 1. The number of carboxylic acid groups (broad SMARTS) is 1. The molecule has 1 aromatic rings. The molecule has 1 rings (SSSR count). The monoisotopic (exact) mass is 336 g/mol. The minimum atomic E-state index is -3.88. The number of rotatable bonds is 7. The van der Waals surface area contributed by atoms with Crippen molar-refractivity contribution in [1.82, 2.24) is 0 Å². The van der Waals surface area contributed by atoms with E-state index in [4.69, 9.17) is 9.84 Å². The first-order valence-electron chi connectivity index (χ1n) is 5.97. The summed E-state index contributed by atoms with van der Waals surface area (Å²) in [5, 5.41) is 9.01. The zero-order chi connectivity index (χ0) is 16.3. The molecule has 0 fully saturated rings. The van der Waals surface area contributed by atoms with E-state index < -0.39 is 37.1 Å². The van der Waals surface area contributed by atoms with Crippen LogP contribution in [0.15, 0.2) is 23.1 Å². The molecule has 21 heavy (non-hydrogen) atoms. The molecule has 0 radical (unpaired) electrons. The summed E-state index contributed by atoms with van der Waals surface area (Å²) >= 11 is 0. The molecule has 0 bridgehead atoms. The summed E-state index contributed by atoms with van der Waals surface area (Å²) < 4.78 is 51.7. The zero-order valence-corrected chi connectivity index (χ0v) is 13.2. The molecule has 0 amide bonds. The first-order chi connectivity index (χ1) is 9.63. The van der Waals surface area contributed by atoms with Crippen molar-refractivity contribution in [3.63, 3.8) is 0 Å². The molecule has 9 heteroatoms. The summed E-state index contributed by atoms with van der Waals surface area (Å²) in [7, 11) is -6.04. The fourth-order valence-corrected chi connectivity index (χ4v) is 4.54. The van der Waals surface area contributed by atoms with Gasteiger partial charge in [0.15, 0.2) is 19.7 Å². The van der Waals surface area contributed by atoms with E-state index in [0.717, 1.165) is 6.07 Å². The van der Waals surface area contributed by atoms with Gasteiger partial charge in [-0.05, 0) is 18.2 Å². The number of carbonyl (C=O) groups is 1. The van der Waals surface area contributed by atoms with Crippen LogP contribution in [0, 0.1) is 0 Å². The van der Waals surface area contributed by atoms with Crippen LogP contribution < -0.4 is 4.74 Å². The van der Waals surface area contributed by atoms with Crippen LogP contribution in [-0.2, 0) is 19.7 Å². The lowest BCUT2D eigenvalue weighted by Crippen LogP contribution is -2.19. The van der Waals surface area contributed by atoms with Gasteiger partial charge < -0.3 is 9.84 Å². The summed E-state index contributed by atoms with van der Waals surface area (Å²) in [6.07, 6.45) is 0. The lowest BCUT2D eigenvalue weighted by atomic mass is 10.2. The van der Waals surface area contributed by atoms with Gasteiger partial charge in [-0.2, -0.15) is 0 Å². The summed E-state index contributed by atoms with van der Waals surface area (Å²) in [5.41, 5.74) is -0.295. The van der Waals surface area contributed by atoms with Gasteiger partial charge in [0.25, 0.3) is 0 Å². The Morgan fingerprint density at radius 1 is 1.19 bits per heavy atom. The van der Waals surface area contributed by atoms with Crippen molar-refractivity contribution >= 4 is 25.6 Å². The number of hydrogen-bond donors (Lipinski definition) is 1. The largest absolute Gasteiger partial charge is 0.496 e. The number of carboxylic acids is 1. The van der Waals surface area contributed by atoms with Crippen molar-refractivity contribution in [1.29, 1.82) is 0 Å². The minimum Gasteiger partial charge on any atom is -0.496 e. The second-order valence-corrected chi connectivity index (χ2v) is 8.80. The maximum Gasteiger partial charge on any atom is 0.339 e. The van der Waals surface area contributed by atoms with Gasteiger partial charge in [-0.15, -0.1) is 0 Å². The zero-order valence-electron chi connectivity index (χ0n) is 11.6. The molecule has 0 atom stereocenters. The van der Waals surface area contributed by atoms with E-state index in [2.05, 4.69) is 0 Å².